The molecule has 204 valence electrons. The van der Waals surface area contributed by atoms with Crippen LogP contribution in [0.3, 0.4) is 0 Å². The van der Waals surface area contributed by atoms with Gasteiger partial charge in [-0.3, -0.25) is 19.7 Å². The first-order chi connectivity index (χ1) is 19.2. The number of benzene rings is 3. The van der Waals surface area contributed by atoms with Gasteiger partial charge < -0.3 is 30.5 Å². The Morgan fingerprint density at radius 2 is 1.50 bits per heavy atom. The van der Waals surface area contributed by atoms with E-state index in [1.54, 1.807) is 0 Å². The molecule has 4 rings (SSSR count). The van der Waals surface area contributed by atoms with E-state index in [0.717, 1.165) is 22.2 Å². The van der Waals surface area contributed by atoms with Crippen molar-refractivity contribution in [2.75, 3.05) is 18.5 Å². The van der Waals surface area contributed by atoms with Gasteiger partial charge in [-0.25, -0.2) is 4.79 Å². The Bertz CT molecular complexity index is 1530. The van der Waals surface area contributed by atoms with Crippen LogP contribution in [0.2, 0.25) is 0 Å². The van der Waals surface area contributed by atoms with Crippen LogP contribution in [-0.4, -0.2) is 56.3 Å². The largest absolute Gasteiger partial charge is 0.502 e. The van der Waals surface area contributed by atoms with Crippen LogP contribution in [0.4, 0.5) is 11.4 Å². The van der Waals surface area contributed by atoms with E-state index in [1.165, 1.54) is 24.3 Å². The van der Waals surface area contributed by atoms with E-state index in [2.05, 4.69) is 15.6 Å². The fraction of sp³-hybridized carbons (Fsp3) is 0.103. The number of anilines is 2. The van der Waals surface area contributed by atoms with E-state index in [9.17, 15) is 29.4 Å². The van der Waals surface area contributed by atoms with Crippen molar-refractivity contribution in [3.05, 3.63) is 124 Å². The highest BCUT2D eigenvalue weighted by molar-refractivity contribution is 5.96. The molecule has 1 heterocycles. The van der Waals surface area contributed by atoms with Gasteiger partial charge in [0.2, 0.25) is 5.43 Å². The second kappa shape index (κ2) is 12.4. The molecule has 0 aliphatic carbocycles. The van der Waals surface area contributed by atoms with E-state index in [0.29, 0.717) is 0 Å². The first-order valence-electron chi connectivity index (χ1n) is 12.1. The van der Waals surface area contributed by atoms with Gasteiger partial charge in [-0.05, 0) is 29.3 Å². The van der Waals surface area contributed by atoms with Gasteiger partial charge >= 0.3 is 11.9 Å². The maximum atomic E-state index is 13.3. The summed E-state index contributed by atoms with van der Waals surface area (Å²) in [4.78, 5) is 52.5. The van der Waals surface area contributed by atoms with Crippen LogP contribution in [0, 0.1) is 0 Å². The summed E-state index contributed by atoms with van der Waals surface area (Å²) < 4.78 is 0. The average Bonchev–Trinajstić information content (AvgIpc) is 2.96. The third-order valence-electron chi connectivity index (χ3n) is 6.03. The van der Waals surface area contributed by atoms with Gasteiger partial charge in [-0.1, -0.05) is 66.7 Å². The molecule has 0 spiro atoms. The number of aliphatic carboxylic acids is 1. The number of carbonyl (C=O) groups is 3. The van der Waals surface area contributed by atoms with Gasteiger partial charge in [0.15, 0.2) is 11.4 Å². The topological polar surface area (TPSA) is 172 Å². The third kappa shape index (κ3) is 6.52. The number of aromatic amines is 1. The van der Waals surface area contributed by atoms with Gasteiger partial charge in [-0.2, -0.15) is 0 Å². The Labute approximate surface area is 228 Å². The van der Waals surface area contributed by atoms with E-state index in [1.807, 2.05) is 60.7 Å². The molecule has 0 fully saturated rings. The minimum Gasteiger partial charge on any atom is -0.502 e. The normalized spacial score (nSPS) is 10.7. The summed E-state index contributed by atoms with van der Waals surface area (Å²) in [5.41, 5.74) is 0.455. The zero-order valence-electron chi connectivity index (χ0n) is 21.1. The van der Waals surface area contributed by atoms with Crippen LogP contribution in [0.25, 0.3) is 0 Å². The van der Waals surface area contributed by atoms with Crippen molar-refractivity contribution >= 4 is 29.2 Å². The van der Waals surface area contributed by atoms with E-state index < -0.39 is 41.3 Å². The first-order valence-corrected chi connectivity index (χ1v) is 12.1. The van der Waals surface area contributed by atoms with Crippen LogP contribution < -0.4 is 16.1 Å². The van der Waals surface area contributed by atoms with Crippen LogP contribution in [0.1, 0.15) is 38.0 Å². The van der Waals surface area contributed by atoms with Gasteiger partial charge in [0.05, 0.1) is 18.3 Å². The maximum Gasteiger partial charge on any atom is 0.335 e. The van der Waals surface area contributed by atoms with Crippen LogP contribution in [0.5, 0.6) is 5.75 Å². The van der Waals surface area contributed by atoms with Gasteiger partial charge in [0, 0.05) is 11.9 Å². The summed E-state index contributed by atoms with van der Waals surface area (Å²) in [7, 11) is 0. The number of H-pyrrole nitrogens is 1. The number of nitrogens with zero attached hydrogens (tertiary/aromatic N) is 1. The third-order valence-corrected chi connectivity index (χ3v) is 6.03. The van der Waals surface area contributed by atoms with E-state index in [-0.39, 0.29) is 29.6 Å². The van der Waals surface area contributed by atoms with Gasteiger partial charge in [-0.15, -0.1) is 0 Å². The lowest BCUT2D eigenvalue weighted by molar-refractivity contribution is -0.137. The SMILES string of the molecule is O=C(O)CN(CNC(c1ccccc1)c1ccccc1)C(=O)c1[nH]cc(Nc2cccc(C(=O)O)c2)c(=O)c1O. The maximum absolute atomic E-state index is 13.3. The Morgan fingerprint density at radius 3 is 2.08 bits per heavy atom. The molecule has 0 saturated carbocycles. The Kier molecular flexibility index (Phi) is 8.57. The number of nitrogens with one attached hydrogen (secondary N) is 3. The highest BCUT2D eigenvalue weighted by Crippen LogP contribution is 2.23. The molecule has 0 radical (unpaired) electrons. The van der Waals surface area contributed by atoms with Crippen molar-refractivity contribution in [3.8, 4) is 5.75 Å². The fourth-order valence-corrected chi connectivity index (χ4v) is 4.10. The first kappa shape index (κ1) is 27.6. The summed E-state index contributed by atoms with van der Waals surface area (Å²) in [6, 6.07) is 24.1. The molecule has 4 aromatic rings. The Hall–Kier alpha value is -5.42. The zero-order valence-corrected chi connectivity index (χ0v) is 21.1. The molecule has 11 nitrogen and oxygen atoms in total. The molecule has 0 aliphatic heterocycles. The standard InChI is InChI=1S/C29H26N4O7/c34-23(35)16-33(17-31-24(18-8-3-1-4-9-18)19-10-5-2-6-11-19)28(38)25-27(37)26(36)22(15-30-25)32-21-13-7-12-20(14-21)29(39)40/h1-15,24,31-32,37H,16-17H2,(H,30,36)(H,34,35)(H,39,40). The molecular formula is C29H26N4O7. The predicted octanol–water partition coefficient (Wildman–Crippen LogP) is 3.39. The number of carbonyl (C=O) groups excluding carboxylic acids is 1. The average molecular weight is 543 g/mol. The predicted molar refractivity (Wildman–Crippen MR) is 147 cm³/mol. The van der Waals surface area contributed by atoms with Crippen LogP contribution in [-0.2, 0) is 4.79 Å². The molecular weight excluding hydrogens is 516 g/mol. The van der Waals surface area contributed by atoms with Crippen molar-refractivity contribution in [3.63, 3.8) is 0 Å². The molecule has 3 aromatic carbocycles. The lowest BCUT2D eigenvalue weighted by atomic mass is 9.99. The van der Waals surface area contributed by atoms with Crippen LogP contribution >= 0.6 is 0 Å². The highest BCUT2D eigenvalue weighted by atomic mass is 16.4. The number of aromatic nitrogens is 1. The molecule has 0 bridgehead atoms. The van der Waals surface area contributed by atoms with Crippen LogP contribution in [0.15, 0.2) is 95.9 Å². The fourth-order valence-electron chi connectivity index (χ4n) is 4.10. The van der Waals surface area contributed by atoms with Crippen molar-refractivity contribution < 1.29 is 29.7 Å². The number of hydrogen-bond acceptors (Lipinski definition) is 7. The van der Waals surface area contributed by atoms with E-state index >= 15 is 0 Å². The minimum atomic E-state index is -1.29. The van der Waals surface area contributed by atoms with Gasteiger partial charge in [0.25, 0.3) is 5.91 Å². The summed E-state index contributed by atoms with van der Waals surface area (Å²) in [6.07, 6.45) is 1.14. The second-order valence-electron chi connectivity index (χ2n) is 8.78. The molecule has 0 atom stereocenters. The highest BCUT2D eigenvalue weighted by Gasteiger charge is 2.26. The second-order valence-corrected chi connectivity index (χ2v) is 8.78. The summed E-state index contributed by atoms with van der Waals surface area (Å²) >= 11 is 0. The summed E-state index contributed by atoms with van der Waals surface area (Å²) in [6.45, 7) is -0.922. The molecule has 0 unspecified atom stereocenters. The monoisotopic (exact) mass is 542 g/mol. The molecule has 0 saturated heterocycles. The molecule has 1 aromatic heterocycles. The number of rotatable bonds is 11. The number of pyridine rings is 1. The number of carboxylic acids is 2. The molecule has 0 aliphatic rings. The summed E-state index contributed by atoms with van der Waals surface area (Å²) in [5.74, 6) is -4.27. The number of carboxylic acid groups (broad SMARTS) is 2. The van der Waals surface area contributed by atoms with Crippen molar-refractivity contribution in [2.24, 2.45) is 0 Å². The minimum absolute atomic E-state index is 0.0152. The molecule has 1 amide bonds. The van der Waals surface area contributed by atoms with Crippen molar-refractivity contribution in [1.82, 2.24) is 15.2 Å². The molecule has 6 N–H and O–H groups in total. The zero-order chi connectivity index (χ0) is 28.6. The number of aromatic carboxylic acids is 1. The Balaban J connectivity index is 1.58. The van der Waals surface area contributed by atoms with Crippen molar-refractivity contribution in [2.45, 2.75) is 6.04 Å². The lowest BCUT2D eigenvalue weighted by Crippen LogP contribution is -2.43. The smallest absolute Gasteiger partial charge is 0.335 e. The van der Waals surface area contributed by atoms with E-state index in [4.69, 9.17) is 5.11 Å². The number of amides is 1. The lowest BCUT2D eigenvalue weighted by Gasteiger charge is -2.26. The Morgan fingerprint density at radius 1 is 0.875 bits per heavy atom. The number of aromatic hydroxyl groups is 1. The molecule has 40 heavy (non-hydrogen) atoms. The number of hydrogen-bond donors (Lipinski definition) is 6. The summed E-state index contributed by atoms with van der Waals surface area (Å²) in [5, 5.41) is 35.1. The van der Waals surface area contributed by atoms with Gasteiger partial charge in [0.1, 0.15) is 12.2 Å². The molecule has 11 heteroatoms. The quantitative estimate of drug-likeness (QED) is 0.155. The van der Waals surface area contributed by atoms with Crippen molar-refractivity contribution in [1.29, 1.82) is 0 Å².